The van der Waals surface area contributed by atoms with Gasteiger partial charge in [-0.3, -0.25) is 0 Å². The molecule has 0 aliphatic heterocycles. The average molecular weight is 329 g/mol. The van der Waals surface area contributed by atoms with E-state index in [2.05, 4.69) is 56.3 Å². The molecule has 2 aliphatic carbocycles. The van der Waals surface area contributed by atoms with Gasteiger partial charge in [0.15, 0.2) is 0 Å². The SMILES string of the molecule is CC.CC.CC.CCC(C)CC1=CC=C(c2ccccc2)C2CC12. The molecule has 0 spiro atoms. The first-order valence-corrected chi connectivity index (χ1v) is 10.3. The summed E-state index contributed by atoms with van der Waals surface area (Å²) in [5.74, 6) is 2.51. The number of hydrogen-bond acceptors (Lipinski definition) is 0. The van der Waals surface area contributed by atoms with Gasteiger partial charge in [-0.1, -0.05) is 110 Å². The van der Waals surface area contributed by atoms with E-state index in [1.54, 1.807) is 11.1 Å². The molecule has 0 heteroatoms. The van der Waals surface area contributed by atoms with Gasteiger partial charge >= 0.3 is 0 Å². The number of allylic oxidation sites excluding steroid dienone is 4. The van der Waals surface area contributed by atoms with E-state index >= 15 is 0 Å². The van der Waals surface area contributed by atoms with Crippen molar-refractivity contribution in [3.05, 3.63) is 53.6 Å². The molecule has 3 rings (SSSR count). The van der Waals surface area contributed by atoms with Crippen LogP contribution in [0.3, 0.4) is 0 Å². The molecule has 1 aromatic carbocycles. The van der Waals surface area contributed by atoms with Crippen LogP contribution >= 0.6 is 0 Å². The van der Waals surface area contributed by atoms with Gasteiger partial charge in [-0.25, -0.2) is 0 Å². The Bertz CT molecular complexity index is 478. The third-order valence-corrected chi connectivity index (χ3v) is 4.53. The van der Waals surface area contributed by atoms with Crippen molar-refractivity contribution in [1.29, 1.82) is 0 Å². The smallest absolute Gasteiger partial charge is 0.00842 e. The molecule has 0 N–H and O–H groups in total. The zero-order valence-corrected chi connectivity index (χ0v) is 17.4. The largest absolute Gasteiger partial charge is 0.0683 e. The first-order valence-electron chi connectivity index (χ1n) is 10.3. The van der Waals surface area contributed by atoms with E-state index in [1.807, 2.05) is 41.5 Å². The molecule has 24 heavy (non-hydrogen) atoms. The second-order valence-corrected chi connectivity index (χ2v) is 5.90. The van der Waals surface area contributed by atoms with E-state index in [-0.39, 0.29) is 0 Å². The minimum absolute atomic E-state index is 0.816. The van der Waals surface area contributed by atoms with E-state index in [9.17, 15) is 0 Å². The van der Waals surface area contributed by atoms with Crippen LogP contribution in [0.1, 0.15) is 80.2 Å². The summed E-state index contributed by atoms with van der Waals surface area (Å²) in [5.41, 5.74) is 4.69. The summed E-state index contributed by atoms with van der Waals surface area (Å²) in [7, 11) is 0. The maximum Gasteiger partial charge on any atom is -0.00842 e. The normalized spacial score (nSPS) is 21.0. The van der Waals surface area contributed by atoms with Crippen LogP contribution in [0, 0.1) is 17.8 Å². The lowest BCUT2D eigenvalue weighted by Gasteiger charge is -2.17. The van der Waals surface area contributed by atoms with Crippen LogP contribution in [-0.4, -0.2) is 0 Å². The van der Waals surface area contributed by atoms with Gasteiger partial charge in [0.25, 0.3) is 0 Å². The van der Waals surface area contributed by atoms with Gasteiger partial charge in [0.2, 0.25) is 0 Å². The maximum atomic E-state index is 2.41. The molecule has 136 valence electrons. The zero-order valence-electron chi connectivity index (χ0n) is 17.4. The van der Waals surface area contributed by atoms with Crippen molar-refractivity contribution < 1.29 is 0 Å². The monoisotopic (exact) mass is 328 g/mol. The molecule has 3 atom stereocenters. The van der Waals surface area contributed by atoms with E-state index in [4.69, 9.17) is 0 Å². The summed E-state index contributed by atoms with van der Waals surface area (Å²) >= 11 is 0. The van der Waals surface area contributed by atoms with Gasteiger partial charge in [0.05, 0.1) is 0 Å². The second-order valence-electron chi connectivity index (χ2n) is 5.90. The van der Waals surface area contributed by atoms with Crippen molar-refractivity contribution in [2.75, 3.05) is 0 Å². The molecule has 0 aromatic heterocycles. The average Bonchev–Trinajstić information content (AvgIpc) is 3.49. The van der Waals surface area contributed by atoms with Crippen molar-refractivity contribution in [3.8, 4) is 0 Å². The van der Waals surface area contributed by atoms with Gasteiger partial charge in [-0.05, 0) is 41.7 Å². The summed E-state index contributed by atoms with van der Waals surface area (Å²) < 4.78 is 0. The molecular formula is C24H40. The minimum atomic E-state index is 0.816. The molecule has 3 unspecified atom stereocenters. The summed E-state index contributed by atoms with van der Waals surface area (Å²) in [6.45, 7) is 16.7. The molecule has 1 aromatic rings. The Balaban J connectivity index is 0.000000798. The quantitative estimate of drug-likeness (QED) is 0.523. The third kappa shape index (κ3) is 6.30. The van der Waals surface area contributed by atoms with Crippen molar-refractivity contribution in [2.45, 2.75) is 74.7 Å². The molecule has 0 bridgehead atoms. The Labute approximate surface area is 152 Å². The highest BCUT2D eigenvalue weighted by Gasteiger charge is 2.43. The van der Waals surface area contributed by atoms with E-state index in [0.29, 0.717) is 0 Å². The van der Waals surface area contributed by atoms with Crippen molar-refractivity contribution in [2.24, 2.45) is 17.8 Å². The van der Waals surface area contributed by atoms with Gasteiger partial charge < -0.3 is 0 Å². The van der Waals surface area contributed by atoms with Gasteiger partial charge in [-0.15, -0.1) is 0 Å². The molecule has 1 saturated carbocycles. The predicted molar refractivity (Wildman–Crippen MR) is 112 cm³/mol. The standard InChI is InChI=1S/C18H22.3C2H6/c1-3-13(2)11-15-9-10-16(18-12-17(15)18)14-7-5-4-6-8-14;3*1-2/h4-10,13,17-18H,3,11-12H2,1-2H3;3*1-2H3. The van der Waals surface area contributed by atoms with Gasteiger partial charge in [0.1, 0.15) is 0 Å². The first-order chi connectivity index (χ1) is 11.8. The highest BCUT2D eigenvalue weighted by Crippen LogP contribution is 2.55. The van der Waals surface area contributed by atoms with E-state index in [0.717, 1.165) is 17.8 Å². The van der Waals surface area contributed by atoms with Crippen LogP contribution < -0.4 is 0 Å². The van der Waals surface area contributed by atoms with Crippen LogP contribution in [0.5, 0.6) is 0 Å². The maximum absolute atomic E-state index is 2.41. The molecule has 0 saturated heterocycles. The third-order valence-electron chi connectivity index (χ3n) is 4.53. The highest BCUT2D eigenvalue weighted by atomic mass is 14.5. The number of hydrogen-bond donors (Lipinski definition) is 0. The fourth-order valence-electron chi connectivity index (χ4n) is 3.10. The lowest BCUT2D eigenvalue weighted by atomic mass is 9.88. The molecule has 0 radical (unpaired) electrons. The molecule has 1 fully saturated rings. The minimum Gasteiger partial charge on any atom is -0.0683 e. The lowest BCUT2D eigenvalue weighted by Crippen LogP contribution is -2.02. The lowest BCUT2D eigenvalue weighted by molar-refractivity contribution is 0.541. The van der Waals surface area contributed by atoms with Crippen LogP contribution in [0.4, 0.5) is 0 Å². The molecular weight excluding hydrogens is 288 g/mol. The van der Waals surface area contributed by atoms with Crippen molar-refractivity contribution in [3.63, 3.8) is 0 Å². The zero-order chi connectivity index (χ0) is 18.5. The Morgan fingerprint density at radius 3 is 2.00 bits per heavy atom. The van der Waals surface area contributed by atoms with Crippen LogP contribution in [0.25, 0.3) is 5.57 Å². The fourth-order valence-corrected chi connectivity index (χ4v) is 3.10. The fraction of sp³-hybridized carbons (Fsp3) is 0.583. The summed E-state index contributed by atoms with van der Waals surface area (Å²) in [5, 5.41) is 0. The van der Waals surface area contributed by atoms with Gasteiger partial charge in [0, 0.05) is 0 Å². The highest BCUT2D eigenvalue weighted by molar-refractivity contribution is 5.73. The predicted octanol–water partition coefficient (Wildman–Crippen LogP) is 8.16. The number of rotatable bonds is 4. The Kier molecular flexibility index (Phi) is 12.3. The number of benzene rings is 1. The van der Waals surface area contributed by atoms with Crippen LogP contribution in [0.15, 0.2) is 48.1 Å². The topological polar surface area (TPSA) is 0 Å². The summed E-state index contributed by atoms with van der Waals surface area (Å²) in [6.07, 6.45) is 8.76. The molecule has 0 heterocycles. The Hall–Kier alpha value is -1.30. The summed E-state index contributed by atoms with van der Waals surface area (Å²) in [6, 6.07) is 10.9. The van der Waals surface area contributed by atoms with Gasteiger partial charge in [-0.2, -0.15) is 0 Å². The molecule has 0 amide bonds. The summed E-state index contributed by atoms with van der Waals surface area (Å²) in [4.78, 5) is 0. The van der Waals surface area contributed by atoms with E-state index in [1.165, 1.54) is 24.8 Å². The molecule has 2 aliphatic rings. The van der Waals surface area contributed by atoms with Crippen molar-refractivity contribution >= 4 is 5.57 Å². The number of fused-ring (bicyclic) bond motifs is 1. The van der Waals surface area contributed by atoms with E-state index < -0.39 is 0 Å². The van der Waals surface area contributed by atoms with Crippen LogP contribution in [-0.2, 0) is 0 Å². The molecule has 0 nitrogen and oxygen atoms in total. The van der Waals surface area contributed by atoms with Crippen molar-refractivity contribution in [1.82, 2.24) is 0 Å². The Morgan fingerprint density at radius 2 is 1.46 bits per heavy atom. The second kappa shape index (κ2) is 13.0. The van der Waals surface area contributed by atoms with Crippen LogP contribution in [0.2, 0.25) is 0 Å². The Morgan fingerprint density at radius 1 is 0.875 bits per heavy atom. The first kappa shape index (κ1) is 22.7.